The third kappa shape index (κ3) is 4.45. The van der Waals surface area contributed by atoms with Gasteiger partial charge in [0.25, 0.3) is 0 Å². The molecule has 2 aromatic carbocycles. The molecule has 0 unspecified atom stereocenters. The Balaban J connectivity index is 2.25. The molecule has 1 aliphatic carbocycles. The summed E-state index contributed by atoms with van der Waals surface area (Å²) in [6, 6.07) is 21.6. The minimum atomic E-state index is -0.343. The van der Waals surface area contributed by atoms with E-state index in [0.29, 0.717) is 0 Å². The molecule has 0 amide bonds. The van der Waals surface area contributed by atoms with E-state index in [1.54, 1.807) is 0 Å². The summed E-state index contributed by atoms with van der Waals surface area (Å²) in [5.41, 5.74) is 4.46. The summed E-state index contributed by atoms with van der Waals surface area (Å²) >= 11 is 0. The fourth-order valence-electron chi connectivity index (χ4n) is 5.96. The lowest BCUT2D eigenvalue weighted by atomic mass is 9.63. The van der Waals surface area contributed by atoms with Crippen LogP contribution in [-0.4, -0.2) is 39.5 Å². The first-order chi connectivity index (χ1) is 16.0. The minimum absolute atomic E-state index is 0.338. The van der Waals surface area contributed by atoms with Gasteiger partial charge in [-0.3, -0.25) is 0 Å². The average Bonchev–Trinajstić information content (AvgIpc) is 3.22. The summed E-state index contributed by atoms with van der Waals surface area (Å²) in [6.45, 7) is 4.52. The lowest BCUT2D eigenvalue weighted by Gasteiger charge is -2.57. The van der Waals surface area contributed by atoms with E-state index >= 15 is 0 Å². The maximum atomic E-state index is 3.69. The van der Waals surface area contributed by atoms with E-state index in [-0.39, 0.29) is 16.7 Å². The molecule has 0 aliphatic heterocycles. The monoisotopic (exact) mass is 446 g/mol. The molecule has 2 aromatic rings. The number of hydrogen-bond donors (Lipinski definition) is 4. The summed E-state index contributed by atoms with van der Waals surface area (Å²) in [6.07, 6.45) is 8.75. The summed E-state index contributed by atoms with van der Waals surface area (Å²) in [5.74, 6) is 0. The first-order valence-electron chi connectivity index (χ1n) is 12.3. The molecular weight excluding hydrogens is 404 g/mol. The van der Waals surface area contributed by atoms with E-state index in [1.165, 1.54) is 22.3 Å². The Morgan fingerprint density at radius 1 is 0.576 bits per heavy atom. The zero-order valence-corrected chi connectivity index (χ0v) is 21.3. The minimum Gasteiger partial charge on any atom is -0.301 e. The third-order valence-electron chi connectivity index (χ3n) is 7.87. The van der Waals surface area contributed by atoms with Gasteiger partial charge in [-0.05, 0) is 76.1 Å². The Morgan fingerprint density at radius 2 is 0.909 bits per heavy atom. The van der Waals surface area contributed by atoms with E-state index in [1.807, 2.05) is 0 Å². The van der Waals surface area contributed by atoms with Gasteiger partial charge in [-0.1, -0.05) is 86.7 Å². The Hall–Kier alpha value is -2.24. The Morgan fingerprint density at radius 3 is 1.18 bits per heavy atom. The van der Waals surface area contributed by atoms with Crippen LogP contribution in [0.5, 0.6) is 0 Å². The summed E-state index contributed by atoms with van der Waals surface area (Å²) in [4.78, 5) is 0. The third-order valence-corrected chi connectivity index (χ3v) is 7.87. The lowest BCUT2D eigenvalue weighted by molar-refractivity contribution is 0.0260. The molecule has 4 N–H and O–H groups in total. The molecule has 178 valence electrons. The van der Waals surface area contributed by atoms with E-state index in [4.69, 9.17) is 0 Å². The Bertz CT molecular complexity index is 842. The highest BCUT2D eigenvalue weighted by molar-refractivity contribution is 5.52. The van der Waals surface area contributed by atoms with Gasteiger partial charge in [0.15, 0.2) is 0 Å². The fraction of sp³-hybridized carbons (Fsp3) is 0.448. The van der Waals surface area contributed by atoms with E-state index in [9.17, 15) is 0 Å². The van der Waals surface area contributed by atoms with Crippen molar-refractivity contribution in [3.05, 3.63) is 95.1 Å². The number of allylic oxidation sites excluding steroid dienone is 2. The summed E-state index contributed by atoms with van der Waals surface area (Å²) in [7, 11) is 8.28. The van der Waals surface area contributed by atoms with Gasteiger partial charge in [-0.2, -0.15) is 0 Å². The van der Waals surface area contributed by atoms with Crippen molar-refractivity contribution in [3.8, 4) is 0 Å². The van der Waals surface area contributed by atoms with Crippen molar-refractivity contribution in [2.24, 2.45) is 5.41 Å². The Labute approximate surface area is 201 Å². The molecule has 33 heavy (non-hydrogen) atoms. The summed E-state index contributed by atoms with van der Waals surface area (Å²) in [5, 5.41) is 14.8. The normalized spacial score (nSPS) is 15.9. The van der Waals surface area contributed by atoms with Crippen LogP contribution in [0.2, 0.25) is 0 Å². The highest BCUT2D eigenvalue weighted by Crippen LogP contribution is 2.51. The van der Waals surface area contributed by atoms with Crippen molar-refractivity contribution in [2.75, 3.05) is 28.2 Å². The zero-order valence-electron chi connectivity index (χ0n) is 21.3. The predicted octanol–water partition coefficient (Wildman–Crippen LogP) is 4.41. The smallest absolute Gasteiger partial charge is 0.0840 e. The molecule has 3 rings (SSSR count). The number of nitrogens with one attached hydrogen (secondary N) is 4. The fourth-order valence-corrected chi connectivity index (χ4v) is 5.96. The molecular formula is C29H42N4. The first-order valence-corrected chi connectivity index (χ1v) is 12.3. The summed E-state index contributed by atoms with van der Waals surface area (Å²) < 4.78 is 0. The van der Waals surface area contributed by atoms with Gasteiger partial charge >= 0.3 is 0 Å². The van der Waals surface area contributed by atoms with Crippen molar-refractivity contribution in [1.82, 2.24) is 21.3 Å². The molecule has 4 heteroatoms. The number of rotatable bonds is 12. The van der Waals surface area contributed by atoms with Gasteiger partial charge in [0, 0.05) is 0 Å². The quantitative estimate of drug-likeness (QED) is 0.365. The molecule has 0 fully saturated rings. The van der Waals surface area contributed by atoms with E-state index in [0.717, 1.165) is 25.7 Å². The van der Waals surface area contributed by atoms with Crippen LogP contribution in [0.4, 0.5) is 0 Å². The van der Waals surface area contributed by atoms with Crippen LogP contribution in [0.3, 0.4) is 0 Å². The van der Waals surface area contributed by atoms with Gasteiger partial charge in [-0.25, -0.2) is 0 Å². The van der Waals surface area contributed by atoms with Crippen LogP contribution < -0.4 is 21.3 Å². The van der Waals surface area contributed by atoms with Gasteiger partial charge in [0.2, 0.25) is 0 Å². The largest absolute Gasteiger partial charge is 0.301 e. The van der Waals surface area contributed by atoms with Crippen LogP contribution in [-0.2, 0) is 12.8 Å². The topological polar surface area (TPSA) is 48.1 Å². The van der Waals surface area contributed by atoms with Crippen molar-refractivity contribution in [3.63, 3.8) is 0 Å². The van der Waals surface area contributed by atoms with Crippen molar-refractivity contribution < 1.29 is 0 Å². The molecule has 0 heterocycles. The zero-order chi connectivity index (χ0) is 24.0. The highest BCUT2D eigenvalue weighted by atomic mass is 15.3. The molecule has 0 saturated carbocycles. The Kier molecular flexibility index (Phi) is 8.30. The molecule has 0 aromatic heterocycles. The standard InChI is InChI=1S/C29H42N4/c1-7-28(30-3,31-4)27(29(8-2,32-5)33-6)21-25(19-23-15-11-9-12-16-23)26(22-27)20-24-17-13-10-14-18-24/h9-18,21-22,30-33H,7-8,19-20H2,1-6H3. The molecule has 1 aliphatic rings. The molecule has 0 bridgehead atoms. The van der Waals surface area contributed by atoms with Gasteiger partial charge in [0.1, 0.15) is 0 Å². The maximum absolute atomic E-state index is 3.69. The van der Waals surface area contributed by atoms with Crippen LogP contribution in [0.25, 0.3) is 0 Å². The molecule has 0 spiro atoms. The molecule has 0 saturated heterocycles. The molecule has 4 nitrogen and oxygen atoms in total. The second kappa shape index (κ2) is 10.8. The second-order valence-corrected chi connectivity index (χ2v) is 9.05. The van der Waals surface area contributed by atoms with Gasteiger partial charge < -0.3 is 21.3 Å². The van der Waals surface area contributed by atoms with Gasteiger partial charge in [0.05, 0.1) is 16.7 Å². The molecule has 0 atom stereocenters. The second-order valence-electron chi connectivity index (χ2n) is 9.05. The predicted molar refractivity (Wildman–Crippen MR) is 141 cm³/mol. The number of hydrogen-bond acceptors (Lipinski definition) is 4. The van der Waals surface area contributed by atoms with Gasteiger partial charge in [-0.15, -0.1) is 0 Å². The van der Waals surface area contributed by atoms with Crippen LogP contribution in [0.1, 0.15) is 37.8 Å². The first kappa shape index (κ1) is 25.4. The van der Waals surface area contributed by atoms with Crippen molar-refractivity contribution in [2.45, 2.75) is 50.9 Å². The van der Waals surface area contributed by atoms with E-state index < -0.39 is 0 Å². The number of benzene rings is 2. The van der Waals surface area contributed by atoms with Crippen LogP contribution in [0, 0.1) is 5.41 Å². The van der Waals surface area contributed by atoms with E-state index in [2.05, 4.69) is 136 Å². The average molecular weight is 447 g/mol. The maximum Gasteiger partial charge on any atom is 0.0840 e. The highest BCUT2D eigenvalue weighted by Gasteiger charge is 2.59. The lowest BCUT2D eigenvalue weighted by Crippen LogP contribution is -2.77. The van der Waals surface area contributed by atoms with Crippen LogP contribution in [0.15, 0.2) is 84.0 Å². The van der Waals surface area contributed by atoms with Crippen LogP contribution >= 0.6 is 0 Å². The molecule has 0 radical (unpaired) electrons. The SMILES string of the molecule is CCC(NC)(NC)C1(C(CC)(NC)NC)C=C(Cc2ccccc2)C(Cc2ccccc2)=C1. The van der Waals surface area contributed by atoms with Crippen molar-refractivity contribution >= 4 is 0 Å². The van der Waals surface area contributed by atoms with Crippen molar-refractivity contribution in [1.29, 1.82) is 0 Å².